The number of piperidine rings is 2. The normalized spacial score (nSPS) is 29.1. The zero-order valence-electron chi connectivity index (χ0n) is 20.5. The van der Waals surface area contributed by atoms with Crippen LogP contribution >= 0.6 is 11.6 Å². The molecule has 0 unspecified atom stereocenters. The third kappa shape index (κ3) is 4.39. The molecule has 4 atom stereocenters. The molecule has 2 aliphatic heterocycles. The topological polar surface area (TPSA) is 71.0 Å². The molecule has 2 bridgehead atoms. The van der Waals surface area contributed by atoms with Crippen LogP contribution in [0.5, 0.6) is 5.75 Å². The van der Waals surface area contributed by atoms with Crippen LogP contribution in [0.2, 0.25) is 11.8 Å². The maximum absolute atomic E-state index is 16.1. The lowest BCUT2D eigenvalue weighted by molar-refractivity contribution is -0.0896. The highest BCUT2D eigenvalue weighted by Crippen LogP contribution is 2.50. The number of hydrogen-bond donors (Lipinski definition) is 1. The molecule has 1 N–H and O–H groups in total. The van der Waals surface area contributed by atoms with Crippen LogP contribution in [0.25, 0.3) is 11.3 Å². The van der Waals surface area contributed by atoms with Gasteiger partial charge in [0.05, 0.1) is 11.7 Å². The van der Waals surface area contributed by atoms with Crippen molar-refractivity contribution in [2.75, 3.05) is 25.9 Å². The molecule has 7 nitrogen and oxygen atoms in total. The molecule has 2 saturated heterocycles. The predicted molar refractivity (Wildman–Crippen MR) is 133 cm³/mol. The minimum absolute atomic E-state index is 0.0855. The van der Waals surface area contributed by atoms with Crippen molar-refractivity contribution in [3.05, 3.63) is 35.4 Å². The van der Waals surface area contributed by atoms with Crippen LogP contribution in [-0.4, -0.2) is 71.3 Å². The number of nitrogens with zero attached hydrogens (tertiary/aromatic N) is 4. The summed E-state index contributed by atoms with van der Waals surface area (Å²) in [6.07, 6.45) is 2.05. The molecule has 0 spiro atoms. The third-order valence-electron chi connectivity index (χ3n) is 7.55. The van der Waals surface area contributed by atoms with Gasteiger partial charge in [0, 0.05) is 35.8 Å². The molecule has 10 heteroatoms. The van der Waals surface area contributed by atoms with Gasteiger partial charge in [-0.05, 0) is 76.7 Å². The predicted octanol–water partition coefficient (Wildman–Crippen LogP) is 4.44. The van der Waals surface area contributed by atoms with Gasteiger partial charge in [0.1, 0.15) is 11.9 Å². The smallest absolute Gasteiger partial charge is 0.377 e. The van der Waals surface area contributed by atoms with Crippen molar-refractivity contribution < 1.29 is 18.9 Å². The highest BCUT2D eigenvalue weighted by Gasteiger charge is 2.60. The maximum atomic E-state index is 16.1. The van der Waals surface area contributed by atoms with E-state index in [1.54, 1.807) is 26.1 Å². The van der Waals surface area contributed by atoms with Crippen LogP contribution < -0.4 is 9.64 Å². The molecule has 0 aliphatic carbocycles. The molecule has 184 valence electrons. The van der Waals surface area contributed by atoms with Gasteiger partial charge in [-0.25, -0.2) is 4.39 Å². The maximum Gasteiger partial charge on any atom is 0.377 e. The second-order valence-corrected chi connectivity index (χ2v) is 10.4. The Bertz CT molecular complexity index is 1020. The number of halogens is 2. The van der Waals surface area contributed by atoms with Gasteiger partial charge in [-0.1, -0.05) is 11.6 Å². The molecule has 0 amide bonds. The van der Waals surface area contributed by atoms with E-state index >= 15 is 4.39 Å². The van der Waals surface area contributed by atoms with Crippen LogP contribution in [-0.2, 0) is 4.74 Å². The summed E-state index contributed by atoms with van der Waals surface area (Å²) >= 11 is 6.12. The summed E-state index contributed by atoms with van der Waals surface area (Å²) in [4.78, 5) is 3.89. The van der Waals surface area contributed by atoms with Crippen LogP contribution in [0.15, 0.2) is 30.3 Å². The number of aromatic nitrogens is 2. The van der Waals surface area contributed by atoms with Crippen molar-refractivity contribution in [1.82, 2.24) is 15.0 Å². The number of benzene rings is 1. The van der Waals surface area contributed by atoms with E-state index in [9.17, 15) is 5.02 Å². The Hall–Kier alpha value is -1.94. The second-order valence-electron chi connectivity index (χ2n) is 9.96. The van der Waals surface area contributed by atoms with E-state index in [0.29, 0.717) is 35.1 Å². The first-order valence-electron chi connectivity index (χ1n) is 11.7. The monoisotopic (exact) mass is 490 g/mol. The summed E-state index contributed by atoms with van der Waals surface area (Å²) in [6, 6.07) is 8.63. The quantitative estimate of drug-likeness (QED) is 0.454. The van der Waals surface area contributed by atoms with Crippen molar-refractivity contribution in [3.8, 4) is 17.0 Å². The fraction of sp³-hybridized carbons (Fsp3) is 0.583. The van der Waals surface area contributed by atoms with Crippen LogP contribution in [0.4, 0.5) is 10.2 Å². The molecule has 4 rings (SSSR count). The van der Waals surface area contributed by atoms with E-state index in [1.165, 1.54) is 0 Å². The standard InChI is InChI=1S/C24H33BClFN4O3/c1-23-11-6-12-24(2,31(23)25(3)32)22(27)19(14-23)30(4)21-10-9-18(28-29-21)17-8-7-16(26)13-20(17)34-15-33-5/h7-10,13,19,22,32H,6,11-12,14-15H2,1-5H3/t19-,22-,23-,24+/m0/s1. The Balaban J connectivity index is 1.60. The molecule has 0 saturated carbocycles. The van der Waals surface area contributed by atoms with Crippen molar-refractivity contribution >= 4 is 24.5 Å². The van der Waals surface area contributed by atoms with E-state index in [1.807, 2.05) is 41.9 Å². The molecule has 2 aromatic rings. The summed E-state index contributed by atoms with van der Waals surface area (Å²) < 4.78 is 26.7. The second kappa shape index (κ2) is 9.61. The number of rotatable bonds is 7. The number of hydrogen-bond acceptors (Lipinski definition) is 7. The van der Waals surface area contributed by atoms with Gasteiger partial charge in [0.2, 0.25) is 0 Å². The number of alkyl halides is 1. The molecule has 2 aliphatic rings. The Morgan fingerprint density at radius 1 is 1.26 bits per heavy atom. The number of methoxy groups -OCH3 is 1. The largest absolute Gasteiger partial charge is 0.467 e. The molecule has 34 heavy (non-hydrogen) atoms. The highest BCUT2D eigenvalue weighted by molar-refractivity contribution is 6.45. The van der Waals surface area contributed by atoms with E-state index in [4.69, 9.17) is 21.1 Å². The van der Waals surface area contributed by atoms with E-state index in [0.717, 1.165) is 18.4 Å². The lowest BCUT2D eigenvalue weighted by Crippen LogP contribution is -2.76. The number of ether oxygens (including phenoxy) is 2. The Morgan fingerprint density at radius 3 is 2.68 bits per heavy atom. The number of fused-ring (bicyclic) bond motifs is 2. The average Bonchev–Trinajstić information content (AvgIpc) is 2.79. The Kier molecular flexibility index (Phi) is 7.11. The van der Waals surface area contributed by atoms with Gasteiger partial charge in [-0.3, -0.25) is 0 Å². The average molecular weight is 491 g/mol. The van der Waals surface area contributed by atoms with Crippen molar-refractivity contribution in [2.24, 2.45) is 0 Å². The van der Waals surface area contributed by atoms with Crippen LogP contribution in [0, 0.1) is 0 Å². The van der Waals surface area contributed by atoms with E-state index < -0.39 is 18.8 Å². The molecule has 3 heterocycles. The molecule has 2 fully saturated rings. The molecule has 1 aromatic heterocycles. The van der Waals surface area contributed by atoms with Crippen molar-refractivity contribution in [1.29, 1.82) is 0 Å². The lowest BCUT2D eigenvalue weighted by Gasteiger charge is -2.64. The molecule has 0 radical (unpaired) electrons. The van der Waals surface area contributed by atoms with E-state index in [2.05, 4.69) is 17.1 Å². The first-order chi connectivity index (χ1) is 16.1. The summed E-state index contributed by atoms with van der Waals surface area (Å²) in [5.74, 6) is 1.15. The minimum atomic E-state index is -1.15. The zero-order chi connectivity index (χ0) is 24.7. The first-order valence-corrected chi connectivity index (χ1v) is 12.1. The first kappa shape index (κ1) is 25.2. The number of anilines is 1. The van der Waals surface area contributed by atoms with Gasteiger partial charge in [0.25, 0.3) is 0 Å². The lowest BCUT2D eigenvalue weighted by atomic mass is 9.59. The molecule has 1 aromatic carbocycles. The molecular formula is C24H33BClFN4O3. The van der Waals surface area contributed by atoms with Crippen LogP contribution in [0.1, 0.15) is 39.5 Å². The highest BCUT2D eigenvalue weighted by atomic mass is 35.5. The fourth-order valence-corrected chi connectivity index (χ4v) is 6.27. The minimum Gasteiger partial charge on any atom is -0.467 e. The molecular weight excluding hydrogens is 458 g/mol. The summed E-state index contributed by atoms with van der Waals surface area (Å²) in [5, 5.41) is 19.9. The Morgan fingerprint density at radius 2 is 2.03 bits per heavy atom. The van der Waals surface area contributed by atoms with Gasteiger partial charge < -0.3 is 24.2 Å². The zero-order valence-corrected chi connectivity index (χ0v) is 21.2. The van der Waals surface area contributed by atoms with Gasteiger partial charge in [-0.2, -0.15) is 0 Å². The van der Waals surface area contributed by atoms with Gasteiger partial charge >= 0.3 is 7.05 Å². The summed E-state index contributed by atoms with van der Waals surface area (Å²) in [6.45, 7) is 5.91. The van der Waals surface area contributed by atoms with Crippen molar-refractivity contribution in [3.63, 3.8) is 0 Å². The van der Waals surface area contributed by atoms with Gasteiger partial charge in [0.15, 0.2) is 12.6 Å². The SMILES string of the molecule is COCOc1cc(Cl)ccc1-c1ccc(N(C)[C@H]2C[C@]3(C)CCC[C@](C)([C@H]2F)N3B(C)O)nn1. The van der Waals surface area contributed by atoms with Crippen LogP contribution in [0.3, 0.4) is 0 Å². The summed E-state index contributed by atoms with van der Waals surface area (Å²) in [7, 11) is 2.72. The van der Waals surface area contributed by atoms with Gasteiger partial charge in [-0.15, -0.1) is 10.2 Å². The summed E-state index contributed by atoms with van der Waals surface area (Å²) in [5.41, 5.74) is 0.345. The fourth-order valence-electron chi connectivity index (χ4n) is 6.11. The third-order valence-corrected chi connectivity index (χ3v) is 7.78. The van der Waals surface area contributed by atoms with Crippen molar-refractivity contribution in [2.45, 2.75) is 69.6 Å². The van der Waals surface area contributed by atoms with E-state index in [-0.39, 0.29) is 18.4 Å². The Labute approximate surface area is 206 Å².